The van der Waals surface area contributed by atoms with Gasteiger partial charge in [-0.3, -0.25) is 9.59 Å². The first-order valence-corrected chi connectivity index (χ1v) is 7.50. The smallest absolute Gasteiger partial charge is 0.306 e. The van der Waals surface area contributed by atoms with Crippen LogP contribution in [0.25, 0.3) is 0 Å². The molecule has 104 valence electrons. The number of amides is 1. The number of carboxylic acid groups (broad SMARTS) is 1. The van der Waals surface area contributed by atoms with E-state index in [0.29, 0.717) is 25.8 Å². The molecule has 2 atom stereocenters. The van der Waals surface area contributed by atoms with E-state index in [1.165, 1.54) is 4.88 Å². The number of carbonyl (C=O) groups excluding carboxylic acids is 1. The maximum atomic E-state index is 12.2. The van der Waals surface area contributed by atoms with Crippen LogP contribution in [0.3, 0.4) is 0 Å². The Morgan fingerprint density at radius 2 is 2.32 bits per heavy atom. The minimum absolute atomic E-state index is 0.0330. The zero-order valence-electron chi connectivity index (χ0n) is 11.0. The molecule has 0 bridgehead atoms. The fourth-order valence-corrected chi connectivity index (χ4v) is 3.30. The van der Waals surface area contributed by atoms with E-state index in [4.69, 9.17) is 5.11 Å². The molecule has 0 radical (unpaired) electrons. The number of carbonyl (C=O) groups is 2. The highest BCUT2D eigenvalue weighted by Gasteiger charge is 2.31. The maximum Gasteiger partial charge on any atom is 0.306 e. The topological polar surface area (TPSA) is 57.6 Å². The second-order valence-electron chi connectivity index (χ2n) is 5.08. The molecule has 0 saturated carbocycles. The molecule has 0 spiro atoms. The predicted octanol–water partition coefficient (Wildman–Crippen LogP) is 2.39. The van der Waals surface area contributed by atoms with E-state index in [0.717, 1.165) is 6.42 Å². The van der Waals surface area contributed by atoms with Crippen LogP contribution in [0.2, 0.25) is 0 Å². The summed E-state index contributed by atoms with van der Waals surface area (Å²) in [6.07, 6.45) is 2.44. The number of piperidine rings is 1. The number of hydrogen-bond acceptors (Lipinski definition) is 3. The van der Waals surface area contributed by atoms with Crippen LogP contribution in [0.4, 0.5) is 0 Å². The zero-order valence-corrected chi connectivity index (χ0v) is 11.9. The highest BCUT2D eigenvalue weighted by molar-refractivity contribution is 7.09. The lowest BCUT2D eigenvalue weighted by atomic mass is 9.91. The van der Waals surface area contributed by atoms with Gasteiger partial charge in [0.25, 0.3) is 0 Å². The van der Waals surface area contributed by atoms with Gasteiger partial charge in [0.2, 0.25) is 5.91 Å². The van der Waals surface area contributed by atoms with Crippen LogP contribution >= 0.6 is 11.3 Å². The molecule has 1 aromatic rings. The SMILES string of the molecule is CC1CC(C(=O)O)CCN1C(=O)CCc1cccs1. The van der Waals surface area contributed by atoms with Gasteiger partial charge in [-0.2, -0.15) is 0 Å². The van der Waals surface area contributed by atoms with Gasteiger partial charge in [-0.1, -0.05) is 6.07 Å². The van der Waals surface area contributed by atoms with Gasteiger partial charge in [-0.15, -0.1) is 11.3 Å². The summed E-state index contributed by atoms with van der Waals surface area (Å²) >= 11 is 1.67. The van der Waals surface area contributed by atoms with Gasteiger partial charge in [-0.05, 0) is 37.6 Å². The molecule has 1 N–H and O–H groups in total. The first-order chi connectivity index (χ1) is 9.08. The van der Waals surface area contributed by atoms with Crippen molar-refractivity contribution in [1.82, 2.24) is 4.90 Å². The van der Waals surface area contributed by atoms with Crippen molar-refractivity contribution in [3.8, 4) is 0 Å². The molecule has 2 heterocycles. The normalized spacial score (nSPS) is 23.3. The Kier molecular flexibility index (Phi) is 4.58. The number of carboxylic acids is 1. The zero-order chi connectivity index (χ0) is 13.8. The minimum Gasteiger partial charge on any atom is -0.481 e. The molecule has 1 aliphatic heterocycles. The highest BCUT2D eigenvalue weighted by Crippen LogP contribution is 2.24. The predicted molar refractivity (Wildman–Crippen MR) is 74.2 cm³/mol. The van der Waals surface area contributed by atoms with Gasteiger partial charge in [0, 0.05) is 23.9 Å². The van der Waals surface area contributed by atoms with Crippen LogP contribution in [0.1, 0.15) is 31.1 Å². The molecule has 5 heteroatoms. The number of aryl methyl sites for hydroxylation is 1. The Balaban J connectivity index is 1.84. The molecular formula is C14H19NO3S. The third-order valence-electron chi connectivity index (χ3n) is 3.71. The third kappa shape index (κ3) is 3.56. The molecule has 1 saturated heterocycles. The van der Waals surface area contributed by atoms with Gasteiger partial charge in [-0.25, -0.2) is 0 Å². The molecule has 1 fully saturated rings. The quantitative estimate of drug-likeness (QED) is 0.922. The summed E-state index contributed by atoms with van der Waals surface area (Å²) in [5.74, 6) is -0.890. The number of likely N-dealkylation sites (tertiary alicyclic amines) is 1. The maximum absolute atomic E-state index is 12.2. The highest BCUT2D eigenvalue weighted by atomic mass is 32.1. The van der Waals surface area contributed by atoms with E-state index in [2.05, 4.69) is 0 Å². The van der Waals surface area contributed by atoms with Gasteiger partial charge in [0.05, 0.1) is 5.92 Å². The molecular weight excluding hydrogens is 262 g/mol. The number of thiophene rings is 1. The minimum atomic E-state index is -0.738. The van der Waals surface area contributed by atoms with Crippen LogP contribution in [0.5, 0.6) is 0 Å². The molecule has 1 amide bonds. The summed E-state index contributed by atoms with van der Waals surface area (Å²) in [4.78, 5) is 26.2. The van der Waals surface area contributed by atoms with E-state index >= 15 is 0 Å². The number of rotatable bonds is 4. The lowest BCUT2D eigenvalue weighted by molar-refractivity contribution is -0.147. The number of nitrogens with zero attached hydrogens (tertiary/aromatic N) is 1. The first kappa shape index (κ1) is 14.1. The average Bonchev–Trinajstić information content (AvgIpc) is 2.88. The molecule has 1 aromatic heterocycles. The van der Waals surface area contributed by atoms with E-state index in [1.807, 2.05) is 29.3 Å². The Labute approximate surface area is 117 Å². The van der Waals surface area contributed by atoms with Gasteiger partial charge >= 0.3 is 5.97 Å². The molecule has 1 aliphatic rings. The van der Waals surface area contributed by atoms with Crippen LogP contribution in [0, 0.1) is 5.92 Å². The molecule has 2 rings (SSSR count). The van der Waals surface area contributed by atoms with E-state index in [9.17, 15) is 9.59 Å². The molecule has 0 aliphatic carbocycles. The fourth-order valence-electron chi connectivity index (χ4n) is 2.60. The molecule has 0 aromatic carbocycles. The van der Waals surface area contributed by atoms with Crippen molar-refractivity contribution in [2.75, 3.05) is 6.54 Å². The van der Waals surface area contributed by atoms with Crippen LogP contribution in [-0.2, 0) is 16.0 Å². The lowest BCUT2D eigenvalue weighted by Gasteiger charge is -2.36. The van der Waals surface area contributed by atoms with E-state index < -0.39 is 5.97 Å². The van der Waals surface area contributed by atoms with Crippen LogP contribution in [0.15, 0.2) is 17.5 Å². The lowest BCUT2D eigenvalue weighted by Crippen LogP contribution is -2.46. The first-order valence-electron chi connectivity index (χ1n) is 6.62. The largest absolute Gasteiger partial charge is 0.481 e. The van der Waals surface area contributed by atoms with Gasteiger partial charge in [0.15, 0.2) is 0 Å². The second kappa shape index (κ2) is 6.19. The summed E-state index contributed by atoms with van der Waals surface area (Å²) in [5, 5.41) is 11.0. The summed E-state index contributed by atoms with van der Waals surface area (Å²) in [6.45, 7) is 2.51. The van der Waals surface area contributed by atoms with Crippen LogP contribution in [-0.4, -0.2) is 34.5 Å². The van der Waals surface area contributed by atoms with Crippen molar-refractivity contribution >= 4 is 23.2 Å². The monoisotopic (exact) mass is 281 g/mol. The summed E-state index contributed by atoms with van der Waals surface area (Å²) in [6, 6.07) is 4.06. The Hall–Kier alpha value is -1.36. The summed E-state index contributed by atoms with van der Waals surface area (Å²) in [5.41, 5.74) is 0. The van der Waals surface area contributed by atoms with E-state index in [-0.39, 0.29) is 17.9 Å². The van der Waals surface area contributed by atoms with Gasteiger partial charge < -0.3 is 10.0 Å². The summed E-state index contributed by atoms with van der Waals surface area (Å²) < 4.78 is 0. The average molecular weight is 281 g/mol. The van der Waals surface area contributed by atoms with Crippen molar-refractivity contribution in [2.24, 2.45) is 5.92 Å². The van der Waals surface area contributed by atoms with Gasteiger partial charge in [0.1, 0.15) is 0 Å². The van der Waals surface area contributed by atoms with E-state index in [1.54, 1.807) is 11.3 Å². The standard InChI is InChI=1S/C14H19NO3S/c1-10-9-11(14(17)18)6-7-15(10)13(16)5-4-12-3-2-8-19-12/h2-3,8,10-11H,4-7,9H2,1H3,(H,17,18). The molecule has 19 heavy (non-hydrogen) atoms. The molecule has 2 unspecified atom stereocenters. The fraction of sp³-hybridized carbons (Fsp3) is 0.571. The molecule has 4 nitrogen and oxygen atoms in total. The summed E-state index contributed by atoms with van der Waals surface area (Å²) in [7, 11) is 0. The van der Waals surface area contributed by atoms with Crippen molar-refractivity contribution in [3.63, 3.8) is 0 Å². The van der Waals surface area contributed by atoms with Crippen molar-refractivity contribution < 1.29 is 14.7 Å². The Morgan fingerprint density at radius 3 is 2.89 bits per heavy atom. The Bertz CT molecular complexity index is 444. The third-order valence-corrected chi connectivity index (χ3v) is 4.65. The second-order valence-corrected chi connectivity index (χ2v) is 6.11. The van der Waals surface area contributed by atoms with Crippen molar-refractivity contribution in [1.29, 1.82) is 0 Å². The number of hydrogen-bond donors (Lipinski definition) is 1. The van der Waals surface area contributed by atoms with Crippen molar-refractivity contribution in [2.45, 2.75) is 38.6 Å². The Morgan fingerprint density at radius 1 is 1.53 bits per heavy atom. The van der Waals surface area contributed by atoms with Crippen molar-refractivity contribution in [3.05, 3.63) is 22.4 Å². The number of aliphatic carboxylic acids is 1. The van der Waals surface area contributed by atoms with Crippen LogP contribution < -0.4 is 0 Å².